The molecule has 0 bridgehead atoms. The average Bonchev–Trinajstić information content (AvgIpc) is 3.44. The first-order valence-electron chi connectivity index (χ1n) is 11.5. The van der Waals surface area contributed by atoms with Crippen molar-refractivity contribution in [1.82, 2.24) is 9.97 Å². The van der Waals surface area contributed by atoms with Crippen LogP contribution in [0.4, 0.5) is 5.69 Å². The molecule has 0 amide bonds. The van der Waals surface area contributed by atoms with E-state index in [1.807, 2.05) is 81.4 Å². The number of benzene rings is 3. The van der Waals surface area contributed by atoms with Crippen LogP contribution in [0.5, 0.6) is 0 Å². The molecule has 7 heteroatoms. The Balaban J connectivity index is 1.53. The maximum atomic E-state index is 13.4. The molecule has 0 spiro atoms. The molecular weight excluding hydrogens is 484 g/mol. The van der Waals surface area contributed by atoms with Gasteiger partial charge in [-0.15, -0.1) is 11.3 Å². The van der Waals surface area contributed by atoms with E-state index in [0.717, 1.165) is 43.6 Å². The summed E-state index contributed by atoms with van der Waals surface area (Å²) in [6, 6.07) is 24.1. The molecule has 178 valence electrons. The molecule has 0 radical (unpaired) electrons. The lowest BCUT2D eigenvalue weighted by Crippen LogP contribution is -2.08. The molecule has 0 saturated carbocycles. The van der Waals surface area contributed by atoms with Gasteiger partial charge < -0.3 is 10.3 Å². The van der Waals surface area contributed by atoms with Crippen LogP contribution in [0.2, 0.25) is 0 Å². The molecule has 0 atom stereocenters. The summed E-state index contributed by atoms with van der Waals surface area (Å²) in [5, 5.41) is 15.8. The van der Waals surface area contributed by atoms with Gasteiger partial charge in [0.25, 0.3) is 0 Å². The Kier molecular flexibility index (Phi) is 6.64. The molecule has 2 N–H and O–H groups in total. The van der Waals surface area contributed by atoms with Crippen molar-refractivity contribution in [1.29, 1.82) is 5.26 Å². The highest BCUT2D eigenvalue weighted by Crippen LogP contribution is 2.34. The van der Waals surface area contributed by atoms with Gasteiger partial charge in [0, 0.05) is 27.8 Å². The van der Waals surface area contributed by atoms with Gasteiger partial charge in [0.05, 0.1) is 21.0 Å². The van der Waals surface area contributed by atoms with E-state index < -0.39 is 0 Å². The van der Waals surface area contributed by atoms with Crippen LogP contribution in [-0.2, 0) is 0 Å². The van der Waals surface area contributed by atoms with Crippen LogP contribution in [0, 0.1) is 32.1 Å². The number of carbonyl (C=O) groups is 1. The number of aromatic nitrogens is 2. The average molecular weight is 509 g/mol. The molecule has 0 aliphatic carbocycles. The Labute approximate surface area is 217 Å². The highest BCUT2D eigenvalue weighted by Gasteiger charge is 2.20. The van der Waals surface area contributed by atoms with E-state index in [1.165, 1.54) is 23.1 Å². The molecule has 0 unspecified atom stereocenters. The van der Waals surface area contributed by atoms with Gasteiger partial charge in [-0.1, -0.05) is 59.8 Å². The van der Waals surface area contributed by atoms with Gasteiger partial charge in [-0.2, -0.15) is 5.26 Å². The van der Waals surface area contributed by atoms with Gasteiger partial charge in [0.1, 0.15) is 16.6 Å². The van der Waals surface area contributed by atoms with Crippen molar-refractivity contribution in [3.8, 4) is 6.07 Å². The largest absolute Gasteiger partial charge is 0.358 e. The molecule has 2 heterocycles. The number of aryl methyl sites for hydroxylation is 3. The number of thioether (sulfide) groups is 1. The van der Waals surface area contributed by atoms with Crippen LogP contribution in [0.25, 0.3) is 26.7 Å². The maximum absolute atomic E-state index is 13.4. The van der Waals surface area contributed by atoms with Gasteiger partial charge in [-0.25, -0.2) is 4.98 Å². The fraction of sp³-hybridized carbons (Fsp3) is 0.138. The summed E-state index contributed by atoms with van der Waals surface area (Å²) < 4.78 is 1.02. The lowest BCUT2D eigenvalue weighted by molar-refractivity contribution is 0.102. The second kappa shape index (κ2) is 10.0. The summed E-state index contributed by atoms with van der Waals surface area (Å²) in [5.74, 6) is 0.197. The van der Waals surface area contributed by atoms with Crippen molar-refractivity contribution in [2.45, 2.75) is 20.8 Å². The normalized spacial score (nSPS) is 11.9. The number of hydrogen-bond acceptors (Lipinski definition) is 6. The van der Waals surface area contributed by atoms with Gasteiger partial charge in [0.15, 0.2) is 5.78 Å². The summed E-state index contributed by atoms with van der Waals surface area (Å²) in [5.41, 5.74) is 6.90. The molecule has 0 aliphatic rings. The molecular formula is C29H24N4OS2. The number of anilines is 1. The second-order valence-electron chi connectivity index (χ2n) is 8.63. The topological polar surface area (TPSA) is 81.6 Å². The number of rotatable bonds is 7. The smallest absolute Gasteiger partial charge is 0.175 e. The predicted octanol–water partition coefficient (Wildman–Crippen LogP) is 7.62. The molecule has 5 aromatic rings. The summed E-state index contributed by atoms with van der Waals surface area (Å²) in [4.78, 5) is 21.4. The molecule has 0 aliphatic heterocycles. The molecule has 36 heavy (non-hydrogen) atoms. The number of nitriles is 1. The van der Waals surface area contributed by atoms with E-state index in [1.54, 1.807) is 0 Å². The second-order valence-corrected chi connectivity index (χ2v) is 10.6. The summed E-state index contributed by atoms with van der Waals surface area (Å²) in [7, 11) is 0. The lowest BCUT2D eigenvalue weighted by atomic mass is 10.1. The van der Waals surface area contributed by atoms with Gasteiger partial charge in [-0.05, 0) is 50.6 Å². The Morgan fingerprint density at radius 1 is 1.08 bits per heavy atom. The predicted molar refractivity (Wildman–Crippen MR) is 152 cm³/mol. The number of hydrogen-bond donors (Lipinski definition) is 2. The van der Waals surface area contributed by atoms with Crippen molar-refractivity contribution in [2.24, 2.45) is 0 Å². The monoisotopic (exact) mass is 508 g/mol. The molecule has 3 aromatic carbocycles. The van der Waals surface area contributed by atoms with Gasteiger partial charge in [0.2, 0.25) is 0 Å². The van der Waals surface area contributed by atoms with E-state index in [9.17, 15) is 10.1 Å². The Bertz CT molecular complexity index is 1650. The van der Waals surface area contributed by atoms with Crippen LogP contribution in [0.15, 0.2) is 71.8 Å². The summed E-state index contributed by atoms with van der Waals surface area (Å²) in [6.07, 6.45) is 0. The van der Waals surface area contributed by atoms with Crippen LogP contribution in [0.3, 0.4) is 0 Å². The highest BCUT2D eigenvalue weighted by atomic mass is 32.2. The van der Waals surface area contributed by atoms with E-state index in [2.05, 4.69) is 22.4 Å². The first kappa shape index (κ1) is 23.9. The number of nitrogens with zero attached hydrogens (tertiary/aromatic N) is 2. The summed E-state index contributed by atoms with van der Waals surface area (Å²) >= 11 is 2.82. The lowest BCUT2D eigenvalue weighted by Gasteiger charge is -2.15. The quantitative estimate of drug-likeness (QED) is 0.174. The Hall–Kier alpha value is -3.86. The zero-order chi connectivity index (χ0) is 25.2. The fourth-order valence-corrected chi connectivity index (χ4v) is 6.19. The van der Waals surface area contributed by atoms with Crippen molar-refractivity contribution >= 4 is 61.3 Å². The number of thiazole rings is 1. The molecule has 5 rings (SSSR count). The van der Waals surface area contributed by atoms with Crippen LogP contribution >= 0.6 is 23.1 Å². The minimum atomic E-state index is 0.0106. The van der Waals surface area contributed by atoms with E-state index in [4.69, 9.17) is 4.98 Å². The first-order valence-corrected chi connectivity index (χ1v) is 13.3. The van der Waals surface area contributed by atoms with E-state index in [-0.39, 0.29) is 11.5 Å². The third-order valence-corrected chi connectivity index (χ3v) is 8.05. The third-order valence-electron chi connectivity index (χ3n) is 6.00. The van der Waals surface area contributed by atoms with Gasteiger partial charge >= 0.3 is 0 Å². The minimum Gasteiger partial charge on any atom is -0.358 e. The van der Waals surface area contributed by atoms with Crippen molar-refractivity contribution in [2.75, 3.05) is 11.1 Å². The third kappa shape index (κ3) is 4.66. The molecule has 0 saturated heterocycles. The van der Waals surface area contributed by atoms with Gasteiger partial charge in [-0.3, -0.25) is 4.79 Å². The fourth-order valence-electron chi connectivity index (χ4n) is 4.27. The summed E-state index contributed by atoms with van der Waals surface area (Å²) in [6.45, 7) is 6.00. The zero-order valence-corrected chi connectivity index (χ0v) is 21.8. The van der Waals surface area contributed by atoms with E-state index in [0.29, 0.717) is 21.2 Å². The number of carbonyl (C=O) groups excluding carboxylic acids is 1. The highest BCUT2D eigenvalue weighted by molar-refractivity contribution is 8.04. The number of aromatic amines is 1. The number of fused-ring (bicyclic) bond motifs is 2. The zero-order valence-electron chi connectivity index (χ0n) is 20.2. The maximum Gasteiger partial charge on any atom is 0.175 e. The Morgan fingerprint density at radius 3 is 2.64 bits per heavy atom. The number of allylic oxidation sites excluding steroid dienone is 1. The number of ketones is 1. The van der Waals surface area contributed by atoms with Crippen molar-refractivity contribution in [3.63, 3.8) is 0 Å². The molecule has 0 fully saturated rings. The van der Waals surface area contributed by atoms with Crippen molar-refractivity contribution in [3.05, 3.63) is 99.2 Å². The van der Waals surface area contributed by atoms with Crippen LogP contribution < -0.4 is 5.32 Å². The molecule has 5 nitrogen and oxygen atoms in total. The first-order chi connectivity index (χ1) is 17.4. The van der Waals surface area contributed by atoms with Crippen molar-refractivity contribution < 1.29 is 4.79 Å². The molecule has 2 aromatic heterocycles. The number of H-pyrrole nitrogens is 1. The Morgan fingerprint density at radius 2 is 1.86 bits per heavy atom. The van der Waals surface area contributed by atoms with E-state index >= 15 is 0 Å². The van der Waals surface area contributed by atoms with Crippen LogP contribution in [0.1, 0.15) is 32.2 Å². The number of Topliss-reactive ketones (excluding diaryl/α,β-unsaturated/α-hetero) is 1. The minimum absolute atomic E-state index is 0.0106. The standard InChI is InChI=1S/C29H24N4OS2/c1-17-12-13-22(18(2)14-17)32-28(21(15-30)29-33-24-10-6-7-11-26(24)36-29)35-16-25(34)27-19(3)31-23-9-5-4-8-20(23)27/h4-14,31-32H,16H2,1-3H3. The SMILES string of the molecule is Cc1ccc(NC(SCC(=O)c2c(C)[nH]c3ccccc23)=C(C#N)c2nc3ccccc3s2)c(C)c1. The van der Waals surface area contributed by atoms with Crippen LogP contribution in [-0.4, -0.2) is 21.5 Å². The number of nitrogens with one attached hydrogen (secondary N) is 2. The number of para-hydroxylation sites is 2.